The molecule has 460 valence electrons. The van der Waals surface area contributed by atoms with Gasteiger partial charge in [-0.05, 0) is 59.7 Å². The Morgan fingerprint density at radius 2 is 1.10 bits per heavy atom. The summed E-state index contributed by atoms with van der Waals surface area (Å²) in [4.78, 5) is 66.4. The number of phenolic OH excluding ortho intramolecular Hbond substituents is 3. The van der Waals surface area contributed by atoms with Crippen LogP contribution in [0.15, 0.2) is 78.9 Å². The molecule has 0 unspecified atom stereocenters. The number of carbonyl (C=O) groups excluding carboxylic acids is 5. The minimum absolute atomic E-state index is 0.00828. The number of hydrogen-bond acceptors (Lipinski definition) is 30. The van der Waals surface area contributed by atoms with Crippen molar-refractivity contribution in [2.75, 3.05) is 40.1 Å². The number of ether oxygens (including phenoxy) is 13. The van der Waals surface area contributed by atoms with Gasteiger partial charge in [-0.25, -0.2) is 14.4 Å². The second kappa shape index (κ2) is 28.8. The second-order valence-corrected chi connectivity index (χ2v) is 19.4. The van der Waals surface area contributed by atoms with E-state index in [9.17, 15) is 85.3 Å². The Balaban J connectivity index is 1.40. The molecule has 0 bridgehead atoms. The van der Waals surface area contributed by atoms with Crippen molar-refractivity contribution < 1.29 is 147 Å². The highest BCUT2D eigenvalue weighted by Crippen LogP contribution is 2.42. The number of hydrogen-bond donors (Lipinski definition) is 12. The van der Waals surface area contributed by atoms with Crippen LogP contribution >= 0.6 is 0 Å². The minimum atomic E-state index is -2.97. The summed E-state index contributed by atoms with van der Waals surface area (Å²) in [6.45, 7) is -3.17. The van der Waals surface area contributed by atoms with E-state index >= 15 is 0 Å². The van der Waals surface area contributed by atoms with E-state index in [2.05, 4.69) is 0 Å². The van der Waals surface area contributed by atoms with Crippen LogP contribution in [0.3, 0.4) is 0 Å². The van der Waals surface area contributed by atoms with Crippen LogP contribution < -0.4 is 4.74 Å². The van der Waals surface area contributed by atoms with Crippen LogP contribution in [-0.2, 0) is 76.0 Å². The first-order valence-corrected chi connectivity index (χ1v) is 25.7. The molecule has 0 radical (unpaired) electrons. The Hall–Kier alpha value is -6.95. The number of methoxy groups -OCH3 is 1. The molecule has 12 N–H and O–H groups in total. The lowest BCUT2D eigenvalue weighted by Crippen LogP contribution is -2.69. The average Bonchev–Trinajstić information content (AvgIpc) is 1.97. The molecule has 3 aromatic carbocycles. The SMILES string of the molecule is COc1cc(/C=C\C(=O)O[C@H]2[C@H](O[C@@H]3O[C@H](COC(C)=O)[C@@H](O)[C@H](O)[C@H]3O)[C@@H](O[C@@H]3O[C@H](CO)[C@@H](O)[C@H](O)[C@H]3O)[C@@H](O[C@]3(COC(=O)/C=C/c4ccc(O)c(O)c4)O[C@H](CO)[C@@H](O)[C@@H]3OC(=O)c3ccccc3)O[C@@H]2COC(C)=O)ccc1O. The Kier molecular flexibility index (Phi) is 22.1. The fraction of sp³-hybridized carbons (Fsp3) is 0.500. The topological polar surface area (TPSA) is 448 Å². The van der Waals surface area contributed by atoms with Gasteiger partial charge in [0, 0.05) is 26.0 Å². The third kappa shape index (κ3) is 15.5. The maximum atomic E-state index is 14.2. The lowest BCUT2D eigenvalue weighted by atomic mass is 9.95. The number of aliphatic hydroxyl groups excluding tert-OH is 9. The van der Waals surface area contributed by atoms with E-state index in [-0.39, 0.29) is 28.2 Å². The van der Waals surface area contributed by atoms with Gasteiger partial charge in [-0.2, -0.15) is 0 Å². The van der Waals surface area contributed by atoms with Gasteiger partial charge in [0.2, 0.25) is 5.79 Å². The molecular weight excluding hydrogens is 1130 g/mol. The molecule has 4 aliphatic heterocycles. The Labute approximate surface area is 476 Å². The number of carbonyl (C=O) groups is 5. The Morgan fingerprint density at radius 1 is 0.548 bits per heavy atom. The molecule has 84 heavy (non-hydrogen) atoms. The molecule has 7 rings (SSSR count). The Bertz CT molecular complexity index is 2790. The summed E-state index contributed by atoms with van der Waals surface area (Å²) in [5.41, 5.74) is 0.267. The van der Waals surface area contributed by atoms with Gasteiger partial charge in [0.1, 0.15) is 99.2 Å². The number of rotatable bonds is 22. The van der Waals surface area contributed by atoms with E-state index in [1.165, 1.54) is 61.7 Å². The van der Waals surface area contributed by atoms with Crippen LogP contribution in [0.4, 0.5) is 0 Å². The van der Waals surface area contributed by atoms with Crippen molar-refractivity contribution in [3.63, 3.8) is 0 Å². The zero-order valence-electron chi connectivity index (χ0n) is 44.8. The molecule has 0 aliphatic carbocycles. The van der Waals surface area contributed by atoms with Gasteiger partial charge in [0.15, 0.2) is 54.1 Å². The van der Waals surface area contributed by atoms with E-state index in [0.29, 0.717) is 0 Å². The van der Waals surface area contributed by atoms with Crippen LogP contribution in [0.5, 0.6) is 23.0 Å². The summed E-state index contributed by atoms with van der Waals surface area (Å²) in [7, 11) is 1.26. The molecule has 4 heterocycles. The minimum Gasteiger partial charge on any atom is -0.504 e. The molecule has 4 saturated heterocycles. The van der Waals surface area contributed by atoms with Gasteiger partial charge in [-0.1, -0.05) is 30.3 Å². The van der Waals surface area contributed by atoms with Crippen LogP contribution in [0, 0.1) is 0 Å². The van der Waals surface area contributed by atoms with Crippen molar-refractivity contribution >= 4 is 42.0 Å². The highest BCUT2D eigenvalue weighted by atomic mass is 16.8. The van der Waals surface area contributed by atoms with Crippen LogP contribution in [0.2, 0.25) is 0 Å². The van der Waals surface area contributed by atoms with Gasteiger partial charge in [0.25, 0.3) is 0 Å². The zero-order chi connectivity index (χ0) is 61.2. The third-order valence-corrected chi connectivity index (χ3v) is 13.5. The summed E-state index contributed by atoms with van der Waals surface area (Å²) in [6, 6.07) is 14.5. The monoisotopic (exact) mass is 1190 g/mol. The number of phenols is 3. The lowest BCUT2D eigenvalue weighted by Gasteiger charge is -2.50. The zero-order valence-corrected chi connectivity index (χ0v) is 44.8. The smallest absolute Gasteiger partial charge is 0.338 e. The summed E-state index contributed by atoms with van der Waals surface area (Å²) in [5.74, 6) is -9.87. The van der Waals surface area contributed by atoms with Crippen LogP contribution in [-0.4, -0.2) is 247 Å². The third-order valence-electron chi connectivity index (χ3n) is 13.5. The van der Waals surface area contributed by atoms with Crippen LogP contribution in [0.25, 0.3) is 12.2 Å². The molecule has 0 aromatic heterocycles. The molecule has 4 aliphatic rings. The van der Waals surface area contributed by atoms with Gasteiger partial charge >= 0.3 is 29.8 Å². The molecular formula is C54H64O30. The first kappa shape index (κ1) is 64.6. The second-order valence-electron chi connectivity index (χ2n) is 19.4. The maximum absolute atomic E-state index is 14.2. The summed E-state index contributed by atoms with van der Waals surface area (Å²) in [6.07, 6.45) is -34.3. The van der Waals surface area contributed by atoms with E-state index in [0.717, 1.165) is 44.2 Å². The van der Waals surface area contributed by atoms with Crippen molar-refractivity contribution in [1.29, 1.82) is 0 Å². The Morgan fingerprint density at radius 3 is 1.69 bits per heavy atom. The van der Waals surface area contributed by atoms with Gasteiger partial charge in [-0.15, -0.1) is 0 Å². The van der Waals surface area contributed by atoms with E-state index < -0.39 is 191 Å². The first-order chi connectivity index (χ1) is 40.0. The standard InChI is InChI=1S/C54H64O30/c1-24(57)73-21-35-40(65)43(68)45(70)52(77-35)80-47-46(79-38(63)16-12-27-10-14-30(60)32(18-27)72-3)36(22-74-25(2)58)78-53(48(47)81-51-44(69)42(67)39(64)33(19-55)76-51)84-54(23-75-37(62)15-11-26-9-13-29(59)31(61)17-26)49(41(66)34(20-56)83-54)82-50(71)28-7-5-4-6-8-28/h4-18,33-36,39-49,51-53,55-56,59-61,64-70H,19-23H2,1-3H3/b15-11+,16-12-/t33-,34-,35-,36-,39-,40-,41-,42+,43+,44-,45-,46-,47+,48-,49+,51+,52+,53-,54+/m1/s1. The van der Waals surface area contributed by atoms with Crippen molar-refractivity contribution in [3.8, 4) is 23.0 Å². The number of benzene rings is 3. The van der Waals surface area contributed by atoms with Crippen molar-refractivity contribution in [2.24, 2.45) is 0 Å². The van der Waals surface area contributed by atoms with Crippen molar-refractivity contribution in [1.82, 2.24) is 0 Å². The molecule has 0 saturated carbocycles. The predicted molar refractivity (Wildman–Crippen MR) is 273 cm³/mol. The quantitative estimate of drug-likeness (QED) is 0.0205. The van der Waals surface area contributed by atoms with Gasteiger partial charge < -0.3 is 123 Å². The summed E-state index contributed by atoms with van der Waals surface area (Å²) < 4.78 is 76.3. The first-order valence-electron chi connectivity index (χ1n) is 25.7. The summed E-state index contributed by atoms with van der Waals surface area (Å²) in [5, 5.41) is 130. The molecule has 0 amide bonds. The average molecular weight is 1190 g/mol. The van der Waals surface area contributed by atoms with Gasteiger partial charge in [-0.3, -0.25) is 9.59 Å². The fourth-order valence-corrected chi connectivity index (χ4v) is 9.12. The molecule has 4 fully saturated rings. The van der Waals surface area contributed by atoms with Gasteiger partial charge in [0.05, 0.1) is 25.9 Å². The lowest BCUT2D eigenvalue weighted by molar-refractivity contribution is -0.421. The van der Waals surface area contributed by atoms with E-state index in [4.69, 9.17) is 61.6 Å². The normalized spacial score (nSPS) is 33.3. The number of esters is 5. The highest BCUT2D eigenvalue weighted by molar-refractivity contribution is 5.90. The molecule has 0 spiro atoms. The largest absolute Gasteiger partial charge is 0.504 e. The molecule has 19 atom stereocenters. The molecule has 30 heteroatoms. The fourth-order valence-electron chi connectivity index (χ4n) is 9.12. The summed E-state index contributed by atoms with van der Waals surface area (Å²) >= 11 is 0. The highest BCUT2D eigenvalue weighted by Gasteiger charge is 2.64. The number of aromatic hydroxyl groups is 3. The molecule has 3 aromatic rings. The van der Waals surface area contributed by atoms with E-state index in [1.807, 2.05) is 0 Å². The van der Waals surface area contributed by atoms with Crippen molar-refractivity contribution in [2.45, 2.75) is 130 Å². The number of aliphatic hydroxyl groups is 9. The molecule has 30 nitrogen and oxygen atoms in total. The van der Waals surface area contributed by atoms with E-state index in [1.54, 1.807) is 6.07 Å². The predicted octanol–water partition coefficient (Wildman–Crippen LogP) is -3.09. The van der Waals surface area contributed by atoms with Crippen LogP contribution in [0.1, 0.15) is 35.3 Å². The maximum Gasteiger partial charge on any atom is 0.338 e. The van der Waals surface area contributed by atoms with Crippen molar-refractivity contribution in [3.05, 3.63) is 95.6 Å².